The first-order valence-electron chi connectivity index (χ1n) is 9.47. The van der Waals surface area contributed by atoms with E-state index in [1.165, 1.54) is 24.4 Å². The molecular formula is C19H20F3N5O3. The summed E-state index contributed by atoms with van der Waals surface area (Å²) in [4.78, 5) is 19.6. The van der Waals surface area contributed by atoms with Crippen molar-refractivity contribution in [3.63, 3.8) is 0 Å². The van der Waals surface area contributed by atoms with Gasteiger partial charge in [0.15, 0.2) is 5.65 Å². The third-order valence-corrected chi connectivity index (χ3v) is 5.29. The van der Waals surface area contributed by atoms with Gasteiger partial charge in [0.1, 0.15) is 17.0 Å². The molecule has 11 heteroatoms. The van der Waals surface area contributed by atoms with E-state index in [0.717, 1.165) is 0 Å². The zero-order chi connectivity index (χ0) is 21.5. The van der Waals surface area contributed by atoms with Crippen LogP contribution in [0.25, 0.3) is 11.0 Å². The van der Waals surface area contributed by atoms with Gasteiger partial charge >= 0.3 is 6.36 Å². The van der Waals surface area contributed by atoms with Crippen molar-refractivity contribution < 1.29 is 22.6 Å². The Balaban J connectivity index is 1.66. The average Bonchev–Trinajstić information content (AvgIpc) is 3.07. The van der Waals surface area contributed by atoms with Crippen molar-refractivity contribution in [2.75, 3.05) is 20.1 Å². The number of hydroxylamine groups is 3. The van der Waals surface area contributed by atoms with E-state index in [1.807, 2.05) is 0 Å². The summed E-state index contributed by atoms with van der Waals surface area (Å²) < 4.78 is 43.4. The molecule has 1 aliphatic rings. The Morgan fingerprint density at radius 1 is 1.30 bits per heavy atom. The fourth-order valence-corrected chi connectivity index (χ4v) is 3.73. The average molecular weight is 423 g/mol. The van der Waals surface area contributed by atoms with E-state index in [1.54, 1.807) is 17.8 Å². The number of rotatable bonds is 4. The molecule has 1 aliphatic heterocycles. The van der Waals surface area contributed by atoms with E-state index in [4.69, 9.17) is 0 Å². The topological polar surface area (TPSA) is 95.9 Å². The molecule has 3 heterocycles. The van der Waals surface area contributed by atoms with Crippen LogP contribution in [-0.4, -0.2) is 50.9 Å². The molecule has 2 aromatic heterocycles. The Kier molecular flexibility index (Phi) is 5.02. The molecule has 1 aromatic carbocycles. The SMILES string of the molecule is C[N+]1([O-])CCC(n2ncc3c(=O)[nH]c(Cc4ccccc4OC(F)(F)F)nc32)CC1. The second kappa shape index (κ2) is 7.40. The number of hydrogen-bond acceptors (Lipinski definition) is 5. The molecule has 0 unspecified atom stereocenters. The molecular weight excluding hydrogens is 403 g/mol. The highest BCUT2D eigenvalue weighted by Gasteiger charge is 2.32. The molecule has 0 bridgehead atoms. The van der Waals surface area contributed by atoms with Gasteiger partial charge in [-0.1, -0.05) is 18.2 Å². The molecule has 1 N–H and O–H groups in total. The van der Waals surface area contributed by atoms with Gasteiger partial charge < -0.3 is 19.6 Å². The van der Waals surface area contributed by atoms with E-state index >= 15 is 0 Å². The van der Waals surface area contributed by atoms with E-state index in [9.17, 15) is 23.2 Å². The van der Waals surface area contributed by atoms with Gasteiger partial charge in [-0.3, -0.25) is 4.79 Å². The first kappa shape index (κ1) is 20.4. The minimum absolute atomic E-state index is 0.0528. The van der Waals surface area contributed by atoms with Crippen LogP contribution in [0.15, 0.2) is 35.3 Å². The Labute approximate surface area is 169 Å². The molecule has 0 spiro atoms. The summed E-state index contributed by atoms with van der Waals surface area (Å²) in [6, 6.07) is 5.65. The Bertz CT molecular complexity index is 1110. The minimum Gasteiger partial charge on any atom is -0.633 e. The number of piperidine rings is 1. The fraction of sp³-hybridized carbons (Fsp3) is 0.421. The number of hydrogen-bond donors (Lipinski definition) is 1. The summed E-state index contributed by atoms with van der Waals surface area (Å²) in [5.74, 6) is -0.145. The number of halogens is 3. The number of ether oxygens (including phenoxy) is 1. The summed E-state index contributed by atoms with van der Waals surface area (Å²) in [5.41, 5.74) is 0.172. The molecule has 0 saturated carbocycles. The molecule has 0 aliphatic carbocycles. The van der Waals surface area contributed by atoms with Crippen molar-refractivity contribution in [2.45, 2.75) is 31.7 Å². The monoisotopic (exact) mass is 423 g/mol. The largest absolute Gasteiger partial charge is 0.633 e. The third-order valence-electron chi connectivity index (χ3n) is 5.29. The van der Waals surface area contributed by atoms with Crippen LogP contribution < -0.4 is 10.3 Å². The number of nitrogens with zero attached hydrogens (tertiary/aromatic N) is 4. The maximum absolute atomic E-state index is 12.7. The van der Waals surface area contributed by atoms with Gasteiger partial charge in [0.25, 0.3) is 5.56 Å². The number of aromatic nitrogens is 4. The first-order valence-corrected chi connectivity index (χ1v) is 9.47. The number of fused-ring (bicyclic) bond motifs is 1. The lowest BCUT2D eigenvalue weighted by Crippen LogP contribution is -2.45. The second-order valence-corrected chi connectivity index (χ2v) is 7.65. The van der Waals surface area contributed by atoms with Crippen LogP contribution in [0.4, 0.5) is 13.2 Å². The summed E-state index contributed by atoms with van der Waals surface area (Å²) in [5, 5.41) is 16.7. The Morgan fingerprint density at radius 3 is 2.70 bits per heavy atom. The number of nitrogens with one attached hydrogen (secondary N) is 1. The van der Waals surface area contributed by atoms with Gasteiger partial charge in [0, 0.05) is 24.8 Å². The molecule has 3 aromatic rings. The summed E-state index contributed by atoms with van der Waals surface area (Å²) in [7, 11) is 1.62. The molecule has 1 saturated heterocycles. The molecule has 4 rings (SSSR count). The van der Waals surface area contributed by atoms with Gasteiger partial charge in [-0.2, -0.15) is 5.10 Å². The van der Waals surface area contributed by atoms with Gasteiger partial charge in [-0.05, 0) is 6.07 Å². The van der Waals surface area contributed by atoms with Crippen LogP contribution in [0.3, 0.4) is 0 Å². The van der Waals surface area contributed by atoms with Crippen molar-refractivity contribution in [1.82, 2.24) is 19.7 Å². The van der Waals surface area contributed by atoms with Crippen molar-refractivity contribution >= 4 is 11.0 Å². The number of quaternary nitrogens is 1. The van der Waals surface area contributed by atoms with Gasteiger partial charge in [-0.15, -0.1) is 13.2 Å². The molecule has 0 atom stereocenters. The zero-order valence-electron chi connectivity index (χ0n) is 16.1. The molecule has 1 fully saturated rings. The van der Waals surface area contributed by atoms with Crippen LogP contribution in [0.2, 0.25) is 0 Å². The van der Waals surface area contributed by atoms with Crippen LogP contribution in [0, 0.1) is 5.21 Å². The number of H-pyrrole nitrogens is 1. The highest BCUT2D eigenvalue weighted by Crippen LogP contribution is 2.29. The minimum atomic E-state index is -4.82. The predicted octanol–water partition coefficient (Wildman–Crippen LogP) is 2.89. The number of alkyl halides is 3. The quantitative estimate of drug-likeness (QED) is 0.514. The molecule has 30 heavy (non-hydrogen) atoms. The molecule has 160 valence electrons. The van der Waals surface area contributed by atoms with Crippen LogP contribution >= 0.6 is 0 Å². The number of likely N-dealkylation sites (tertiary alicyclic amines) is 1. The Hall–Kier alpha value is -2.92. The van der Waals surface area contributed by atoms with Crippen LogP contribution in [0.5, 0.6) is 5.75 Å². The van der Waals surface area contributed by atoms with Gasteiger partial charge in [-0.25, -0.2) is 9.67 Å². The second-order valence-electron chi connectivity index (χ2n) is 7.65. The number of aromatic amines is 1. The molecule has 0 amide bonds. The van der Waals surface area contributed by atoms with Crippen LogP contribution in [-0.2, 0) is 6.42 Å². The van der Waals surface area contributed by atoms with E-state index in [2.05, 4.69) is 19.8 Å². The standard InChI is InChI=1S/C19H20F3N5O3/c1-27(29)8-6-13(7-9-27)26-17-14(11-23-26)18(28)25-16(24-17)10-12-4-2-3-5-15(12)30-19(20,21)22/h2-5,11,13H,6-10H2,1H3,(H,24,25,28). The molecule has 0 radical (unpaired) electrons. The molecule has 8 nitrogen and oxygen atoms in total. The predicted molar refractivity (Wildman–Crippen MR) is 102 cm³/mol. The van der Waals surface area contributed by atoms with Crippen molar-refractivity contribution in [3.8, 4) is 5.75 Å². The first-order chi connectivity index (χ1) is 14.1. The van der Waals surface area contributed by atoms with Gasteiger partial charge in [0.05, 0.1) is 32.4 Å². The Morgan fingerprint density at radius 2 is 2.00 bits per heavy atom. The highest BCUT2D eigenvalue weighted by molar-refractivity contribution is 5.73. The maximum Gasteiger partial charge on any atom is 0.573 e. The maximum atomic E-state index is 12.7. The summed E-state index contributed by atoms with van der Waals surface area (Å²) >= 11 is 0. The zero-order valence-corrected chi connectivity index (χ0v) is 16.1. The van der Waals surface area contributed by atoms with E-state index in [0.29, 0.717) is 37.0 Å². The fourth-order valence-electron chi connectivity index (χ4n) is 3.73. The lowest BCUT2D eigenvalue weighted by atomic mass is 10.1. The normalized spacial score (nSPS) is 22.4. The summed E-state index contributed by atoms with van der Waals surface area (Å²) in [6.45, 7) is 0.869. The highest BCUT2D eigenvalue weighted by atomic mass is 19.4. The van der Waals surface area contributed by atoms with Crippen LogP contribution in [0.1, 0.15) is 30.3 Å². The number of para-hydroxylation sites is 1. The number of benzene rings is 1. The lowest BCUT2D eigenvalue weighted by Gasteiger charge is -2.43. The lowest BCUT2D eigenvalue weighted by molar-refractivity contribution is -0.866. The van der Waals surface area contributed by atoms with Crippen molar-refractivity contribution in [1.29, 1.82) is 0 Å². The van der Waals surface area contributed by atoms with E-state index in [-0.39, 0.29) is 34.2 Å². The summed E-state index contributed by atoms with van der Waals surface area (Å²) in [6.07, 6.45) is -2.25. The van der Waals surface area contributed by atoms with Crippen molar-refractivity contribution in [2.24, 2.45) is 0 Å². The third kappa shape index (κ3) is 4.31. The van der Waals surface area contributed by atoms with Gasteiger partial charge in [0.2, 0.25) is 0 Å². The van der Waals surface area contributed by atoms with E-state index < -0.39 is 11.9 Å². The smallest absolute Gasteiger partial charge is 0.573 e. The van der Waals surface area contributed by atoms with Crippen molar-refractivity contribution in [3.05, 3.63) is 57.4 Å².